The maximum absolute atomic E-state index is 10.7. The molecule has 0 saturated heterocycles. The molecule has 1 saturated carbocycles. The molecule has 1 fully saturated rings. The number of rotatable bonds is 1. The molecule has 74 valence electrons. The summed E-state index contributed by atoms with van der Waals surface area (Å²) in [6.07, 6.45) is 3.67. The SMILES string of the molecule is CC(=O)NN=C1C(C)CCCC1C. The highest BCUT2D eigenvalue weighted by Crippen LogP contribution is 2.25. The van der Waals surface area contributed by atoms with Crippen LogP contribution >= 0.6 is 0 Å². The minimum Gasteiger partial charge on any atom is -0.274 e. The van der Waals surface area contributed by atoms with Gasteiger partial charge in [-0.15, -0.1) is 0 Å². The molecule has 13 heavy (non-hydrogen) atoms. The number of nitrogens with one attached hydrogen (secondary N) is 1. The summed E-state index contributed by atoms with van der Waals surface area (Å²) in [5, 5.41) is 4.16. The van der Waals surface area contributed by atoms with Crippen molar-refractivity contribution in [3.63, 3.8) is 0 Å². The van der Waals surface area contributed by atoms with Crippen molar-refractivity contribution in [3.8, 4) is 0 Å². The number of nitrogens with zero attached hydrogens (tertiary/aromatic N) is 1. The van der Waals surface area contributed by atoms with Crippen molar-refractivity contribution in [2.45, 2.75) is 40.0 Å². The summed E-state index contributed by atoms with van der Waals surface area (Å²) >= 11 is 0. The van der Waals surface area contributed by atoms with Crippen LogP contribution in [0.3, 0.4) is 0 Å². The summed E-state index contributed by atoms with van der Waals surface area (Å²) in [7, 11) is 0. The summed E-state index contributed by atoms with van der Waals surface area (Å²) in [6.45, 7) is 5.84. The number of hydrogen-bond acceptors (Lipinski definition) is 2. The van der Waals surface area contributed by atoms with Crippen molar-refractivity contribution in [1.82, 2.24) is 5.43 Å². The Kier molecular flexibility index (Phi) is 3.46. The summed E-state index contributed by atoms with van der Waals surface area (Å²) < 4.78 is 0. The summed E-state index contributed by atoms with van der Waals surface area (Å²) in [6, 6.07) is 0. The van der Waals surface area contributed by atoms with Crippen molar-refractivity contribution in [2.75, 3.05) is 0 Å². The first kappa shape index (κ1) is 10.2. The lowest BCUT2D eigenvalue weighted by atomic mass is 9.81. The Bertz CT molecular complexity index is 211. The van der Waals surface area contributed by atoms with Gasteiger partial charge in [0.15, 0.2) is 0 Å². The largest absolute Gasteiger partial charge is 0.274 e. The molecule has 0 aromatic rings. The van der Waals surface area contributed by atoms with E-state index in [-0.39, 0.29) is 5.91 Å². The number of carbonyl (C=O) groups excluding carboxylic acids is 1. The van der Waals surface area contributed by atoms with Crippen molar-refractivity contribution in [1.29, 1.82) is 0 Å². The minimum atomic E-state index is -0.0857. The molecule has 2 unspecified atom stereocenters. The molecule has 1 amide bonds. The Morgan fingerprint density at radius 3 is 2.38 bits per heavy atom. The molecule has 0 heterocycles. The molecule has 2 atom stereocenters. The van der Waals surface area contributed by atoms with E-state index in [2.05, 4.69) is 24.4 Å². The lowest BCUT2D eigenvalue weighted by molar-refractivity contribution is -0.118. The van der Waals surface area contributed by atoms with Gasteiger partial charge >= 0.3 is 0 Å². The van der Waals surface area contributed by atoms with E-state index in [0.29, 0.717) is 11.8 Å². The Morgan fingerprint density at radius 2 is 1.92 bits per heavy atom. The van der Waals surface area contributed by atoms with Crippen LogP contribution in [0.15, 0.2) is 5.10 Å². The van der Waals surface area contributed by atoms with Crippen LogP contribution in [0.2, 0.25) is 0 Å². The Balaban J connectivity index is 2.62. The highest BCUT2D eigenvalue weighted by molar-refractivity contribution is 5.90. The average Bonchev–Trinajstić information content (AvgIpc) is 2.03. The van der Waals surface area contributed by atoms with Gasteiger partial charge in [0.2, 0.25) is 5.91 Å². The molecule has 0 aromatic carbocycles. The summed E-state index contributed by atoms with van der Waals surface area (Å²) in [5.74, 6) is 0.962. The van der Waals surface area contributed by atoms with Gasteiger partial charge in [0.05, 0.1) is 0 Å². The van der Waals surface area contributed by atoms with Gasteiger partial charge in [0.25, 0.3) is 0 Å². The van der Waals surface area contributed by atoms with Crippen LogP contribution in [-0.2, 0) is 4.79 Å². The van der Waals surface area contributed by atoms with Gasteiger partial charge in [-0.2, -0.15) is 5.10 Å². The lowest BCUT2D eigenvalue weighted by Gasteiger charge is -2.26. The zero-order chi connectivity index (χ0) is 9.84. The van der Waals surface area contributed by atoms with Crippen molar-refractivity contribution in [2.24, 2.45) is 16.9 Å². The highest BCUT2D eigenvalue weighted by atomic mass is 16.2. The van der Waals surface area contributed by atoms with E-state index in [4.69, 9.17) is 0 Å². The van der Waals surface area contributed by atoms with Crippen LogP contribution in [0.25, 0.3) is 0 Å². The van der Waals surface area contributed by atoms with Gasteiger partial charge in [-0.25, -0.2) is 5.43 Å². The molecule has 3 heteroatoms. The molecule has 0 spiro atoms. The van der Waals surface area contributed by atoms with E-state index in [1.165, 1.54) is 26.2 Å². The standard InChI is InChI=1S/C10H18N2O/c1-7-5-4-6-8(2)10(7)12-11-9(3)13/h7-8H,4-6H2,1-3H3,(H,11,13). The molecule has 1 N–H and O–H groups in total. The first-order valence-electron chi connectivity index (χ1n) is 4.95. The Hall–Kier alpha value is -0.860. The normalized spacial score (nSPS) is 28.4. The maximum atomic E-state index is 10.7. The third kappa shape index (κ3) is 2.83. The van der Waals surface area contributed by atoms with Gasteiger partial charge < -0.3 is 0 Å². The fraction of sp³-hybridized carbons (Fsp3) is 0.800. The van der Waals surface area contributed by atoms with Gasteiger partial charge in [0, 0.05) is 12.6 Å². The van der Waals surface area contributed by atoms with Crippen molar-refractivity contribution in [3.05, 3.63) is 0 Å². The molecule has 0 aliphatic heterocycles. The predicted molar refractivity (Wildman–Crippen MR) is 53.4 cm³/mol. The molecule has 0 aromatic heterocycles. The fourth-order valence-corrected chi connectivity index (χ4v) is 1.88. The van der Waals surface area contributed by atoms with E-state index in [1.807, 2.05) is 0 Å². The number of hydrogen-bond donors (Lipinski definition) is 1. The third-order valence-electron chi connectivity index (χ3n) is 2.63. The quantitative estimate of drug-likeness (QED) is 0.618. The van der Waals surface area contributed by atoms with E-state index in [0.717, 1.165) is 5.71 Å². The van der Waals surface area contributed by atoms with E-state index in [1.54, 1.807) is 0 Å². The second-order valence-electron chi connectivity index (χ2n) is 3.94. The molecule has 1 rings (SSSR count). The molecule has 1 aliphatic rings. The molecule has 0 bridgehead atoms. The monoisotopic (exact) mass is 182 g/mol. The average molecular weight is 182 g/mol. The van der Waals surface area contributed by atoms with Crippen molar-refractivity contribution >= 4 is 11.6 Å². The summed E-state index contributed by atoms with van der Waals surface area (Å²) in [5.41, 5.74) is 3.68. The van der Waals surface area contributed by atoms with Crippen LogP contribution in [0, 0.1) is 11.8 Å². The lowest BCUT2D eigenvalue weighted by Crippen LogP contribution is -2.28. The zero-order valence-corrected chi connectivity index (χ0v) is 8.63. The molecular formula is C10H18N2O. The maximum Gasteiger partial charge on any atom is 0.236 e. The topological polar surface area (TPSA) is 41.5 Å². The van der Waals surface area contributed by atoms with E-state index in [9.17, 15) is 4.79 Å². The Morgan fingerprint density at radius 1 is 1.38 bits per heavy atom. The van der Waals surface area contributed by atoms with Crippen LogP contribution in [0.4, 0.5) is 0 Å². The van der Waals surface area contributed by atoms with Gasteiger partial charge in [-0.3, -0.25) is 4.79 Å². The zero-order valence-electron chi connectivity index (χ0n) is 8.63. The second-order valence-corrected chi connectivity index (χ2v) is 3.94. The first-order valence-corrected chi connectivity index (χ1v) is 4.95. The highest BCUT2D eigenvalue weighted by Gasteiger charge is 2.22. The van der Waals surface area contributed by atoms with Crippen LogP contribution in [0.1, 0.15) is 40.0 Å². The van der Waals surface area contributed by atoms with Crippen LogP contribution < -0.4 is 5.43 Å². The molecule has 0 radical (unpaired) electrons. The fourth-order valence-electron chi connectivity index (χ4n) is 1.88. The van der Waals surface area contributed by atoms with Gasteiger partial charge in [0.1, 0.15) is 0 Å². The minimum absolute atomic E-state index is 0.0857. The van der Waals surface area contributed by atoms with Gasteiger partial charge in [-0.1, -0.05) is 20.3 Å². The van der Waals surface area contributed by atoms with Crippen LogP contribution in [0.5, 0.6) is 0 Å². The van der Waals surface area contributed by atoms with E-state index >= 15 is 0 Å². The number of hydrazone groups is 1. The van der Waals surface area contributed by atoms with Crippen molar-refractivity contribution < 1.29 is 4.79 Å². The smallest absolute Gasteiger partial charge is 0.236 e. The summed E-state index contributed by atoms with van der Waals surface area (Å²) in [4.78, 5) is 10.7. The molecular weight excluding hydrogens is 164 g/mol. The van der Waals surface area contributed by atoms with Gasteiger partial charge in [-0.05, 0) is 24.7 Å². The first-order chi connectivity index (χ1) is 6.11. The third-order valence-corrected chi connectivity index (χ3v) is 2.63. The number of amides is 1. The van der Waals surface area contributed by atoms with Crippen LogP contribution in [-0.4, -0.2) is 11.6 Å². The van der Waals surface area contributed by atoms with E-state index < -0.39 is 0 Å². The predicted octanol–water partition coefficient (Wildman–Crippen LogP) is 1.93. The molecule has 3 nitrogen and oxygen atoms in total. The molecule has 1 aliphatic carbocycles. The second kappa shape index (κ2) is 4.40. The number of carbonyl (C=O) groups is 1. The Labute approximate surface area is 79.6 Å².